The predicted molar refractivity (Wildman–Crippen MR) is 149 cm³/mol. The van der Waals surface area contributed by atoms with E-state index in [2.05, 4.69) is 29.4 Å². The largest absolute Gasteiger partial charge is 0.493 e. The SMILES string of the molecule is COc1cc(CN(C[C@@H]2CCCO2)C(=O)c2ccc(-n3cccn3)cc2)ccc1OC1Cc2ccccc2C1. The summed E-state index contributed by atoms with van der Waals surface area (Å²) in [5.41, 5.74) is 5.22. The number of fused-ring (bicyclic) bond motifs is 1. The van der Waals surface area contributed by atoms with Gasteiger partial charge in [-0.1, -0.05) is 30.3 Å². The van der Waals surface area contributed by atoms with Crippen molar-refractivity contribution >= 4 is 5.91 Å². The molecule has 7 nitrogen and oxygen atoms in total. The first-order valence-electron chi connectivity index (χ1n) is 13.6. The molecule has 1 aliphatic carbocycles. The standard InChI is InChI=1S/C32H33N3O4/c1-37-31-18-23(9-14-30(31)39-29-19-25-6-2-3-7-26(25)20-29)21-34(22-28-8-4-17-38-28)32(36)24-10-12-27(13-11-24)35-16-5-15-33-35/h2-3,5-7,9-16,18,28-29H,4,8,17,19-22H2,1H3/t28-/m0/s1. The number of nitrogens with zero attached hydrogens (tertiary/aromatic N) is 3. The molecule has 0 bridgehead atoms. The van der Waals surface area contributed by atoms with E-state index in [1.165, 1.54) is 11.1 Å². The number of aromatic nitrogens is 2. The first-order valence-corrected chi connectivity index (χ1v) is 13.6. The molecule has 2 heterocycles. The molecule has 1 aromatic heterocycles. The van der Waals surface area contributed by atoms with E-state index in [1.807, 2.05) is 59.6 Å². The average Bonchev–Trinajstić information content (AvgIpc) is 3.75. The second-order valence-corrected chi connectivity index (χ2v) is 10.2. The normalized spacial score (nSPS) is 16.7. The van der Waals surface area contributed by atoms with Crippen LogP contribution in [0.3, 0.4) is 0 Å². The second-order valence-electron chi connectivity index (χ2n) is 10.2. The highest BCUT2D eigenvalue weighted by Crippen LogP contribution is 2.33. The van der Waals surface area contributed by atoms with E-state index in [4.69, 9.17) is 14.2 Å². The zero-order valence-electron chi connectivity index (χ0n) is 22.2. The molecule has 1 amide bonds. The Morgan fingerprint density at radius 3 is 2.49 bits per heavy atom. The molecule has 200 valence electrons. The van der Waals surface area contributed by atoms with E-state index < -0.39 is 0 Å². The quantitative estimate of drug-likeness (QED) is 0.300. The van der Waals surface area contributed by atoms with Gasteiger partial charge in [0, 0.05) is 50.5 Å². The number of carbonyl (C=O) groups excluding carboxylic acids is 1. The third-order valence-electron chi connectivity index (χ3n) is 7.53. The molecule has 1 saturated heterocycles. The van der Waals surface area contributed by atoms with Crippen molar-refractivity contribution < 1.29 is 19.0 Å². The number of carbonyl (C=O) groups is 1. The zero-order chi connectivity index (χ0) is 26.6. The summed E-state index contributed by atoms with van der Waals surface area (Å²) in [6.07, 6.45) is 7.52. The van der Waals surface area contributed by atoms with Crippen molar-refractivity contribution in [2.75, 3.05) is 20.3 Å². The van der Waals surface area contributed by atoms with Crippen molar-refractivity contribution in [2.24, 2.45) is 0 Å². The van der Waals surface area contributed by atoms with Crippen molar-refractivity contribution in [1.82, 2.24) is 14.7 Å². The van der Waals surface area contributed by atoms with Crippen LogP contribution < -0.4 is 9.47 Å². The Hall–Kier alpha value is -4.10. The lowest BCUT2D eigenvalue weighted by Crippen LogP contribution is -2.37. The topological polar surface area (TPSA) is 65.8 Å². The van der Waals surface area contributed by atoms with Gasteiger partial charge in [0.05, 0.1) is 18.9 Å². The van der Waals surface area contributed by atoms with Gasteiger partial charge < -0.3 is 19.1 Å². The van der Waals surface area contributed by atoms with Gasteiger partial charge in [0.25, 0.3) is 5.91 Å². The Labute approximate surface area is 228 Å². The first kappa shape index (κ1) is 25.2. The van der Waals surface area contributed by atoms with Crippen LogP contribution in [0.4, 0.5) is 0 Å². The molecule has 0 N–H and O–H groups in total. The fourth-order valence-corrected chi connectivity index (χ4v) is 5.52. The summed E-state index contributed by atoms with van der Waals surface area (Å²) in [4.78, 5) is 15.6. The molecular formula is C32H33N3O4. The summed E-state index contributed by atoms with van der Waals surface area (Å²) in [5.74, 6) is 1.38. The molecule has 4 aromatic rings. The third kappa shape index (κ3) is 5.68. The second kappa shape index (κ2) is 11.3. The summed E-state index contributed by atoms with van der Waals surface area (Å²) in [5, 5.41) is 4.27. The summed E-state index contributed by atoms with van der Waals surface area (Å²) >= 11 is 0. The van der Waals surface area contributed by atoms with Gasteiger partial charge in [-0.3, -0.25) is 4.79 Å². The lowest BCUT2D eigenvalue weighted by atomic mass is 10.1. The van der Waals surface area contributed by atoms with Gasteiger partial charge in [-0.25, -0.2) is 4.68 Å². The van der Waals surface area contributed by atoms with E-state index in [-0.39, 0.29) is 18.1 Å². The van der Waals surface area contributed by atoms with Crippen molar-refractivity contribution in [3.8, 4) is 17.2 Å². The van der Waals surface area contributed by atoms with Gasteiger partial charge in [-0.2, -0.15) is 5.10 Å². The molecular weight excluding hydrogens is 490 g/mol. The van der Waals surface area contributed by atoms with Gasteiger partial charge in [0.1, 0.15) is 6.10 Å². The number of amides is 1. The summed E-state index contributed by atoms with van der Waals surface area (Å²) < 4.78 is 19.8. The van der Waals surface area contributed by atoms with Crippen LogP contribution in [0.2, 0.25) is 0 Å². The summed E-state index contributed by atoms with van der Waals surface area (Å²) in [6, 6.07) is 23.9. The molecule has 0 radical (unpaired) electrons. The van der Waals surface area contributed by atoms with Crippen LogP contribution in [0.5, 0.6) is 11.5 Å². The molecule has 1 aliphatic heterocycles. The van der Waals surface area contributed by atoms with Crippen LogP contribution in [-0.4, -0.2) is 53.1 Å². The number of rotatable bonds is 9. The van der Waals surface area contributed by atoms with Crippen LogP contribution in [0, 0.1) is 0 Å². The van der Waals surface area contributed by atoms with Gasteiger partial charge in [-0.05, 0) is 72.0 Å². The fraction of sp³-hybridized carbons (Fsp3) is 0.312. The molecule has 1 fully saturated rings. The van der Waals surface area contributed by atoms with Gasteiger partial charge >= 0.3 is 0 Å². The number of benzene rings is 3. The molecule has 3 aromatic carbocycles. The maximum atomic E-state index is 13.7. The molecule has 0 unspecified atom stereocenters. The zero-order valence-corrected chi connectivity index (χ0v) is 22.2. The van der Waals surface area contributed by atoms with Crippen LogP contribution in [-0.2, 0) is 24.1 Å². The maximum absolute atomic E-state index is 13.7. The van der Waals surface area contributed by atoms with Crippen LogP contribution >= 0.6 is 0 Å². The number of ether oxygens (including phenoxy) is 3. The Bertz CT molecular complexity index is 1390. The molecule has 7 heteroatoms. The molecule has 2 aliphatic rings. The first-order chi connectivity index (χ1) is 19.2. The summed E-state index contributed by atoms with van der Waals surface area (Å²) in [7, 11) is 1.66. The minimum Gasteiger partial charge on any atom is -0.493 e. The van der Waals surface area contributed by atoms with Crippen LogP contribution in [0.25, 0.3) is 5.69 Å². The van der Waals surface area contributed by atoms with E-state index >= 15 is 0 Å². The highest BCUT2D eigenvalue weighted by Gasteiger charge is 2.26. The maximum Gasteiger partial charge on any atom is 0.254 e. The van der Waals surface area contributed by atoms with Gasteiger partial charge in [-0.15, -0.1) is 0 Å². The molecule has 6 rings (SSSR count). The summed E-state index contributed by atoms with van der Waals surface area (Å²) in [6.45, 7) is 1.74. The Balaban J connectivity index is 1.18. The third-order valence-corrected chi connectivity index (χ3v) is 7.53. The van der Waals surface area contributed by atoms with E-state index in [0.717, 1.165) is 49.3 Å². The highest BCUT2D eigenvalue weighted by atomic mass is 16.5. The molecule has 39 heavy (non-hydrogen) atoms. The van der Waals surface area contributed by atoms with Crippen molar-refractivity contribution in [2.45, 2.75) is 44.4 Å². The minimum absolute atomic E-state index is 0.0273. The lowest BCUT2D eigenvalue weighted by Gasteiger charge is -2.26. The Morgan fingerprint density at radius 2 is 1.82 bits per heavy atom. The van der Waals surface area contributed by atoms with E-state index in [9.17, 15) is 4.79 Å². The monoisotopic (exact) mass is 523 g/mol. The number of hydrogen-bond donors (Lipinski definition) is 0. The fourth-order valence-electron chi connectivity index (χ4n) is 5.52. The van der Waals surface area contributed by atoms with Crippen molar-refractivity contribution in [1.29, 1.82) is 0 Å². The van der Waals surface area contributed by atoms with Crippen molar-refractivity contribution in [3.05, 3.63) is 107 Å². The predicted octanol–water partition coefficient (Wildman–Crippen LogP) is 5.25. The van der Waals surface area contributed by atoms with Gasteiger partial charge in [0.2, 0.25) is 0 Å². The highest BCUT2D eigenvalue weighted by molar-refractivity contribution is 5.94. The lowest BCUT2D eigenvalue weighted by molar-refractivity contribution is 0.0507. The van der Waals surface area contributed by atoms with Gasteiger partial charge in [0.15, 0.2) is 11.5 Å². The number of hydrogen-bond acceptors (Lipinski definition) is 5. The minimum atomic E-state index is -0.0273. The van der Waals surface area contributed by atoms with Crippen LogP contribution in [0.15, 0.2) is 85.2 Å². The molecule has 0 spiro atoms. The van der Waals surface area contributed by atoms with Crippen LogP contribution in [0.1, 0.15) is 39.9 Å². The molecule has 1 atom stereocenters. The van der Waals surface area contributed by atoms with E-state index in [1.54, 1.807) is 18.0 Å². The Kier molecular flexibility index (Phi) is 7.32. The smallest absolute Gasteiger partial charge is 0.254 e. The van der Waals surface area contributed by atoms with Crippen molar-refractivity contribution in [3.63, 3.8) is 0 Å². The Morgan fingerprint density at radius 1 is 1.03 bits per heavy atom. The molecule has 0 saturated carbocycles. The van der Waals surface area contributed by atoms with E-state index in [0.29, 0.717) is 24.4 Å². The number of methoxy groups -OCH3 is 1. The average molecular weight is 524 g/mol.